The summed E-state index contributed by atoms with van der Waals surface area (Å²) < 4.78 is 54.5. The minimum atomic E-state index is -1.07. The molecule has 2 aliphatic rings. The molecule has 42 heavy (non-hydrogen) atoms. The van der Waals surface area contributed by atoms with Gasteiger partial charge in [-0.05, 0) is 86.3 Å². The minimum Gasteiger partial charge on any atom is -0.368 e. The van der Waals surface area contributed by atoms with Crippen LogP contribution in [0.5, 0.6) is 0 Å². The summed E-state index contributed by atoms with van der Waals surface area (Å²) in [6.45, 7) is 3.78. The molecule has 1 aliphatic carbocycles. The number of aromatic nitrogens is 2. The van der Waals surface area contributed by atoms with Crippen molar-refractivity contribution in [1.29, 1.82) is 0 Å². The highest BCUT2D eigenvalue weighted by Gasteiger charge is 2.29. The Hall–Kier alpha value is -4.38. The molecule has 1 saturated carbocycles. The fourth-order valence-electron chi connectivity index (χ4n) is 5.10. The fourth-order valence-corrected chi connectivity index (χ4v) is 5.10. The molecule has 7 nitrogen and oxygen atoms in total. The third kappa shape index (κ3) is 7.27. The van der Waals surface area contributed by atoms with Crippen LogP contribution in [0.4, 0.5) is 23.4 Å². The van der Waals surface area contributed by atoms with Gasteiger partial charge in [0.15, 0.2) is 29.1 Å². The van der Waals surface area contributed by atoms with Crippen molar-refractivity contribution in [1.82, 2.24) is 20.2 Å². The van der Waals surface area contributed by atoms with Crippen molar-refractivity contribution in [3.05, 3.63) is 100 Å². The van der Waals surface area contributed by atoms with Gasteiger partial charge in [0, 0.05) is 30.3 Å². The summed E-state index contributed by atoms with van der Waals surface area (Å²) in [5.74, 6) is -4.55. The van der Waals surface area contributed by atoms with Crippen molar-refractivity contribution in [2.75, 3.05) is 31.5 Å². The average molecular weight is 580 g/mol. The maximum Gasteiger partial charge on any atom is 0.271 e. The normalized spacial score (nSPS) is 19.4. The number of hydrogen-bond acceptors (Lipinski definition) is 6. The van der Waals surface area contributed by atoms with Crippen LogP contribution >= 0.6 is 0 Å². The van der Waals surface area contributed by atoms with Crippen LogP contribution in [0.3, 0.4) is 0 Å². The molecule has 1 aliphatic heterocycles. The molecule has 0 unspecified atom stereocenters. The number of nitrogens with one attached hydrogen (secondary N) is 2. The smallest absolute Gasteiger partial charge is 0.271 e. The molecule has 3 aromatic rings. The van der Waals surface area contributed by atoms with Crippen molar-refractivity contribution >= 4 is 29.7 Å². The monoisotopic (exact) mass is 579 g/mol. The summed E-state index contributed by atoms with van der Waals surface area (Å²) in [4.78, 5) is 37.2. The number of amides is 1. The van der Waals surface area contributed by atoms with E-state index in [1.807, 2.05) is 0 Å². The highest BCUT2D eigenvalue weighted by atomic mass is 19.2. The van der Waals surface area contributed by atoms with Crippen LogP contribution in [-0.4, -0.2) is 58.8 Å². The Kier molecular flexibility index (Phi) is 9.06. The van der Waals surface area contributed by atoms with Crippen LogP contribution in [0, 0.1) is 23.3 Å². The quantitative estimate of drug-likeness (QED) is 0.283. The SMILES string of the molecule is O=C1/C(=C/c2ccc(F)c(F)c2)CC(NC(=O)c2cnc(NCCN3CCCC3)cn2)C/C1=C\c1ccc(F)c(F)c1. The van der Waals surface area contributed by atoms with E-state index in [1.54, 1.807) is 0 Å². The molecule has 1 amide bonds. The van der Waals surface area contributed by atoms with E-state index in [2.05, 4.69) is 25.5 Å². The fraction of sp³-hybridized carbons (Fsp3) is 0.290. The molecule has 1 saturated heterocycles. The zero-order chi connectivity index (χ0) is 29.6. The second kappa shape index (κ2) is 13.1. The summed E-state index contributed by atoms with van der Waals surface area (Å²) in [5, 5.41) is 6.05. The molecule has 0 atom stereocenters. The zero-order valence-electron chi connectivity index (χ0n) is 22.7. The van der Waals surface area contributed by atoms with Gasteiger partial charge in [0.25, 0.3) is 5.91 Å². The van der Waals surface area contributed by atoms with Gasteiger partial charge in [-0.15, -0.1) is 0 Å². The molecule has 1 aromatic heterocycles. The molecule has 5 rings (SSSR count). The first-order valence-electron chi connectivity index (χ1n) is 13.7. The van der Waals surface area contributed by atoms with Crippen molar-refractivity contribution in [3.8, 4) is 0 Å². The van der Waals surface area contributed by atoms with E-state index < -0.39 is 41.0 Å². The van der Waals surface area contributed by atoms with Crippen LogP contribution in [0.15, 0.2) is 59.9 Å². The maximum absolute atomic E-state index is 13.8. The maximum atomic E-state index is 13.8. The minimum absolute atomic E-state index is 0.0780. The summed E-state index contributed by atoms with van der Waals surface area (Å²) in [5.41, 5.74) is 1.06. The molecular weight excluding hydrogens is 550 g/mol. The predicted octanol–water partition coefficient (Wildman–Crippen LogP) is 5.17. The second-order valence-electron chi connectivity index (χ2n) is 10.4. The number of rotatable bonds is 8. The number of Topliss-reactive ketones (excluding diaryl/α,β-unsaturated/α-hetero) is 1. The number of benzene rings is 2. The standard InChI is InChI=1S/C31H29F4N5O2/c32-24-5-3-19(13-26(24)34)11-21-15-23(16-22(30(21)41)12-20-4-6-25(33)27(35)14-20)39-31(42)28-17-38-29(18-37-28)36-7-10-40-8-1-2-9-40/h3-6,11-14,17-18,23H,1-2,7-10,15-16H2,(H,36,38)(H,39,42)/b21-11+,22-12+. The number of likely N-dealkylation sites (tertiary alicyclic amines) is 1. The van der Waals surface area contributed by atoms with Crippen LogP contribution in [0.2, 0.25) is 0 Å². The van der Waals surface area contributed by atoms with Crippen LogP contribution in [0.1, 0.15) is 47.3 Å². The lowest BCUT2D eigenvalue weighted by Gasteiger charge is -2.26. The Labute approximate surface area is 240 Å². The van der Waals surface area contributed by atoms with Gasteiger partial charge in [-0.1, -0.05) is 12.1 Å². The van der Waals surface area contributed by atoms with Gasteiger partial charge in [0.05, 0.1) is 12.4 Å². The number of nitrogens with zero attached hydrogens (tertiary/aromatic N) is 3. The van der Waals surface area contributed by atoms with Gasteiger partial charge in [-0.25, -0.2) is 27.5 Å². The Bertz CT molecular complexity index is 1460. The van der Waals surface area contributed by atoms with Crippen LogP contribution < -0.4 is 10.6 Å². The van der Waals surface area contributed by atoms with Gasteiger partial charge < -0.3 is 15.5 Å². The third-order valence-corrected chi connectivity index (χ3v) is 7.24. The first-order valence-corrected chi connectivity index (χ1v) is 13.7. The molecule has 0 radical (unpaired) electrons. The molecule has 0 spiro atoms. The van der Waals surface area contributed by atoms with Crippen molar-refractivity contribution in [2.24, 2.45) is 0 Å². The molecule has 2 fully saturated rings. The first kappa shape index (κ1) is 29.1. The van der Waals surface area contributed by atoms with Gasteiger partial charge in [0.2, 0.25) is 0 Å². The lowest BCUT2D eigenvalue weighted by Crippen LogP contribution is -2.39. The average Bonchev–Trinajstić information content (AvgIpc) is 3.49. The summed E-state index contributed by atoms with van der Waals surface area (Å²) in [6.07, 6.45) is 8.30. The van der Waals surface area contributed by atoms with Gasteiger partial charge >= 0.3 is 0 Å². The molecule has 2 heterocycles. The zero-order valence-corrected chi connectivity index (χ0v) is 22.7. The van der Waals surface area contributed by atoms with Crippen LogP contribution in [0.25, 0.3) is 12.2 Å². The van der Waals surface area contributed by atoms with Crippen molar-refractivity contribution in [3.63, 3.8) is 0 Å². The Morgan fingerprint density at radius 1 is 0.857 bits per heavy atom. The van der Waals surface area contributed by atoms with Crippen LogP contribution in [-0.2, 0) is 4.79 Å². The third-order valence-electron chi connectivity index (χ3n) is 7.24. The number of ketones is 1. The predicted molar refractivity (Wildman–Crippen MR) is 150 cm³/mol. The molecule has 218 valence electrons. The number of halogens is 4. The van der Waals surface area contributed by atoms with E-state index in [0.29, 0.717) is 12.4 Å². The van der Waals surface area contributed by atoms with Gasteiger partial charge in [-0.2, -0.15) is 0 Å². The molecule has 0 bridgehead atoms. The lowest BCUT2D eigenvalue weighted by atomic mass is 9.83. The lowest BCUT2D eigenvalue weighted by molar-refractivity contribution is -0.113. The van der Waals surface area contributed by atoms with Gasteiger partial charge in [0.1, 0.15) is 11.5 Å². The van der Waals surface area contributed by atoms with E-state index in [0.717, 1.165) is 43.9 Å². The second-order valence-corrected chi connectivity index (χ2v) is 10.4. The summed E-state index contributed by atoms with van der Waals surface area (Å²) >= 11 is 0. The first-order chi connectivity index (χ1) is 20.2. The number of anilines is 1. The Balaban J connectivity index is 1.32. The van der Waals surface area contributed by atoms with Crippen molar-refractivity contribution < 1.29 is 27.2 Å². The largest absolute Gasteiger partial charge is 0.368 e. The van der Waals surface area contributed by atoms with E-state index in [-0.39, 0.29) is 40.8 Å². The highest BCUT2D eigenvalue weighted by molar-refractivity contribution is 6.14. The number of carbonyl (C=O) groups is 2. The topological polar surface area (TPSA) is 87.2 Å². The number of hydrogen-bond donors (Lipinski definition) is 2. The molecular formula is C31H29F4N5O2. The Morgan fingerprint density at radius 3 is 1.98 bits per heavy atom. The van der Waals surface area contributed by atoms with E-state index in [1.165, 1.54) is 49.5 Å². The summed E-state index contributed by atoms with van der Waals surface area (Å²) in [7, 11) is 0. The molecule has 2 aromatic carbocycles. The Morgan fingerprint density at radius 2 is 1.45 bits per heavy atom. The highest BCUT2D eigenvalue weighted by Crippen LogP contribution is 2.29. The van der Waals surface area contributed by atoms with E-state index in [9.17, 15) is 27.2 Å². The number of carbonyl (C=O) groups excluding carboxylic acids is 2. The summed E-state index contributed by atoms with van der Waals surface area (Å²) in [6, 6.07) is 5.92. The molecule has 2 N–H and O–H groups in total. The van der Waals surface area contributed by atoms with Gasteiger partial charge in [-0.3, -0.25) is 9.59 Å². The molecule has 11 heteroatoms. The van der Waals surface area contributed by atoms with E-state index in [4.69, 9.17) is 0 Å². The van der Waals surface area contributed by atoms with Crippen molar-refractivity contribution in [2.45, 2.75) is 31.7 Å². The van der Waals surface area contributed by atoms with E-state index >= 15 is 0 Å².